The summed E-state index contributed by atoms with van der Waals surface area (Å²) >= 11 is 9.73. The van der Waals surface area contributed by atoms with Crippen molar-refractivity contribution >= 4 is 33.3 Å². The highest BCUT2D eigenvalue weighted by Crippen LogP contribution is 2.38. The molecule has 4 nitrogen and oxygen atoms in total. The molecule has 4 rings (SSSR count). The van der Waals surface area contributed by atoms with Crippen molar-refractivity contribution in [2.24, 2.45) is 5.73 Å². The molecule has 7 heteroatoms. The number of aromatic nitrogens is 1. The Balaban J connectivity index is 1.92. The van der Waals surface area contributed by atoms with Gasteiger partial charge in [0.05, 0.1) is 10.7 Å². The van der Waals surface area contributed by atoms with Crippen LogP contribution < -0.4 is 10.6 Å². The molecule has 1 aromatic heterocycles. The zero-order chi connectivity index (χ0) is 19.8. The lowest BCUT2D eigenvalue weighted by Gasteiger charge is -2.20. The van der Waals surface area contributed by atoms with Gasteiger partial charge in [-0.2, -0.15) is 0 Å². The van der Waals surface area contributed by atoms with Gasteiger partial charge >= 0.3 is 0 Å². The number of hydrogen-bond donors (Lipinski definition) is 2. The van der Waals surface area contributed by atoms with Crippen molar-refractivity contribution in [3.8, 4) is 28.1 Å². The second kappa shape index (κ2) is 7.70. The monoisotopic (exact) mass is 461 g/mol. The van der Waals surface area contributed by atoms with E-state index >= 15 is 0 Å². The van der Waals surface area contributed by atoms with Gasteiger partial charge in [0.1, 0.15) is 17.4 Å². The molecule has 144 valence electrons. The number of phenols is 1. The van der Waals surface area contributed by atoms with E-state index in [9.17, 15) is 9.50 Å². The van der Waals surface area contributed by atoms with Crippen molar-refractivity contribution in [2.45, 2.75) is 12.5 Å². The van der Waals surface area contributed by atoms with Gasteiger partial charge in [0, 0.05) is 34.7 Å². The molecule has 0 amide bonds. The first-order valence-electron chi connectivity index (χ1n) is 8.88. The number of pyridine rings is 1. The van der Waals surface area contributed by atoms with Crippen molar-refractivity contribution < 1.29 is 9.50 Å². The van der Waals surface area contributed by atoms with Crippen molar-refractivity contribution in [3.05, 3.63) is 63.8 Å². The van der Waals surface area contributed by atoms with Crippen LogP contribution in [-0.4, -0.2) is 29.2 Å². The summed E-state index contributed by atoms with van der Waals surface area (Å²) in [4.78, 5) is 6.80. The summed E-state index contributed by atoms with van der Waals surface area (Å²) in [5.41, 5.74) is 8.05. The average Bonchev–Trinajstić information content (AvgIpc) is 3.10. The molecule has 0 aliphatic carbocycles. The zero-order valence-corrected chi connectivity index (χ0v) is 17.2. The molecule has 0 bridgehead atoms. The van der Waals surface area contributed by atoms with E-state index < -0.39 is 5.82 Å². The van der Waals surface area contributed by atoms with Crippen LogP contribution in [0.2, 0.25) is 5.02 Å². The number of anilines is 1. The minimum absolute atomic E-state index is 0.0743. The van der Waals surface area contributed by atoms with Gasteiger partial charge in [-0.05, 0) is 54.4 Å². The molecular formula is C21H18BrClFN3O. The van der Waals surface area contributed by atoms with Gasteiger partial charge in [0.2, 0.25) is 0 Å². The number of hydrogen-bond acceptors (Lipinski definition) is 4. The summed E-state index contributed by atoms with van der Waals surface area (Å²) in [6.07, 6.45) is 0.865. The molecule has 1 aliphatic rings. The Morgan fingerprint density at radius 2 is 2.04 bits per heavy atom. The Morgan fingerprint density at radius 1 is 1.21 bits per heavy atom. The van der Waals surface area contributed by atoms with Crippen LogP contribution >= 0.6 is 27.5 Å². The molecule has 3 aromatic rings. The third-order valence-electron chi connectivity index (χ3n) is 4.85. The first kappa shape index (κ1) is 19.2. The maximum absolute atomic E-state index is 14.6. The normalized spacial score (nSPS) is 16.6. The van der Waals surface area contributed by atoms with Crippen LogP contribution in [0.5, 0.6) is 5.75 Å². The smallest absolute Gasteiger partial charge is 0.132 e. The fourth-order valence-corrected chi connectivity index (χ4v) is 4.08. The molecule has 28 heavy (non-hydrogen) atoms. The largest absolute Gasteiger partial charge is 0.507 e. The van der Waals surface area contributed by atoms with E-state index in [1.54, 1.807) is 36.4 Å². The molecule has 2 aromatic carbocycles. The molecule has 1 unspecified atom stereocenters. The third-order valence-corrected chi connectivity index (χ3v) is 5.65. The Labute approximate surface area is 175 Å². The topological polar surface area (TPSA) is 62.4 Å². The molecule has 1 atom stereocenters. The van der Waals surface area contributed by atoms with E-state index in [0.29, 0.717) is 39.8 Å². The first-order valence-corrected chi connectivity index (χ1v) is 10.1. The standard InChI is InChI=1S/C21H18BrClFN3O/c22-13-4-5-19(28)15(10-13)18-8-12(21-16(23)2-1-3-17(21)24)9-20(26-18)27-7-6-14(25)11-27/h1-5,8-10,14,28H,6-7,11,25H2. The highest BCUT2D eigenvalue weighted by atomic mass is 79.9. The molecule has 0 spiro atoms. The van der Waals surface area contributed by atoms with Gasteiger partial charge in [0.15, 0.2) is 0 Å². The lowest BCUT2D eigenvalue weighted by atomic mass is 10.0. The molecule has 0 radical (unpaired) electrons. The van der Waals surface area contributed by atoms with Crippen molar-refractivity contribution in [2.75, 3.05) is 18.0 Å². The van der Waals surface area contributed by atoms with Gasteiger partial charge in [-0.15, -0.1) is 0 Å². The van der Waals surface area contributed by atoms with Crippen molar-refractivity contribution in [1.29, 1.82) is 0 Å². The maximum atomic E-state index is 14.6. The summed E-state index contributed by atoms with van der Waals surface area (Å²) in [5.74, 6) is 0.364. The molecule has 0 saturated carbocycles. The van der Waals surface area contributed by atoms with Crippen molar-refractivity contribution in [1.82, 2.24) is 4.98 Å². The number of benzene rings is 2. The fraction of sp³-hybridized carbons (Fsp3) is 0.190. The number of nitrogens with zero attached hydrogens (tertiary/aromatic N) is 2. The Kier molecular flexibility index (Phi) is 5.27. The molecule has 1 fully saturated rings. The predicted molar refractivity (Wildman–Crippen MR) is 114 cm³/mol. The van der Waals surface area contributed by atoms with Crippen LogP contribution in [0.25, 0.3) is 22.4 Å². The molecule has 2 heterocycles. The van der Waals surface area contributed by atoms with E-state index in [1.165, 1.54) is 6.07 Å². The second-order valence-electron chi connectivity index (χ2n) is 6.85. The Bertz CT molecular complexity index is 1030. The van der Waals surface area contributed by atoms with Gasteiger partial charge in [0.25, 0.3) is 0 Å². The minimum atomic E-state index is -0.410. The van der Waals surface area contributed by atoms with Crippen LogP contribution in [0, 0.1) is 5.82 Å². The third kappa shape index (κ3) is 3.72. The van der Waals surface area contributed by atoms with Gasteiger partial charge in [-0.25, -0.2) is 9.37 Å². The number of aromatic hydroxyl groups is 1. The minimum Gasteiger partial charge on any atom is -0.507 e. The lowest BCUT2D eigenvalue weighted by molar-refractivity contribution is 0.477. The number of phenolic OH excluding ortho intramolecular Hbond substituents is 1. The lowest BCUT2D eigenvalue weighted by Crippen LogP contribution is -2.27. The van der Waals surface area contributed by atoms with Crippen LogP contribution in [0.4, 0.5) is 10.2 Å². The molecular weight excluding hydrogens is 445 g/mol. The highest BCUT2D eigenvalue weighted by molar-refractivity contribution is 9.10. The Hall–Kier alpha value is -2.15. The molecule has 1 aliphatic heterocycles. The van der Waals surface area contributed by atoms with E-state index in [4.69, 9.17) is 22.3 Å². The van der Waals surface area contributed by atoms with E-state index in [2.05, 4.69) is 20.8 Å². The quantitative estimate of drug-likeness (QED) is 0.561. The molecule has 3 N–H and O–H groups in total. The van der Waals surface area contributed by atoms with Crippen LogP contribution in [0.3, 0.4) is 0 Å². The highest BCUT2D eigenvalue weighted by Gasteiger charge is 2.23. The fourth-order valence-electron chi connectivity index (χ4n) is 3.44. The van der Waals surface area contributed by atoms with E-state index in [0.717, 1.165) is 17.4 Å². The maximum Gasteiger partial charge on any atom is 0.132 e. The summed E-state index contributed by atoms with van der Waals surface area (Å²) in [7, 11) is 0. The number of nitrogens with two attached hydrogens (primary N) is 1. The van der Waals surface area contributed by atoms with Crippen LogP contribution in [0.1, 0.15) is 6.42 Å². The predicted octanol–water partition coefficient (Wildman–Crippen LogP) is 5.21. The average molecular weight is 463 g/mol. The van der Waals surface area contributed by atoms with E-state index in [-0.39, 0.29) is 11.8 Å². The number of rotatable bonds is 3. The Morgan fingerprint density at radius 3 is 2.75 bits per heavy atom. The second-order valence-corrected chi connectivity index (χ2v) is 8.18. The van der Waals surface area contributed by atoms with Crippen molar-refractivity contribution in [3.63, 3.8) is 0 Å². The summed E-state index contributed by atoms with van der Waals surface area (Å²) in [5, 5.41) is 10.7. The van der Waals surface area contributed by atoms with E-state index in [1.807, 2.05) is 6.07 Å². The van der Waals surface area contributed by atoms with Crippen LogP contribution in [0.15, 0.2) is 53.0 Å². The first-order chi connectivity index (χ1) is 13.4. The van der Waals surface area contributed by atoms with Gasteiger partial charge < -0.3 is 15.7 Å². The number of halogens is 3. The molecule has 1 saturated heterocycles. The van der Waals surface area contributed by atoms with Gasteiger partial charge in [-0.3, -0.25) is 0 Å². The van der Waals surface area contributed by atoms with Crippen LogP contribution in [-0.2, 0) is 0 Å². The summed E-state index contributed by atoms with van der Waals surface area (Å²) in [6.45, 7) is 1.44. The zero-order valence-electron chi connectivity index (χ0n) is 14.9. The van der Waals surface area contributed by atoms with Gasteiger partial charge in [-0.1, -0.05) is 33.6 Å². The summed E-state index contributed by atoms with van der Waals surface area (Å²) in [6, 6.07) is 13.4. The summed E-state index contributed by atoms with van der Waals surface area (Å²) < 4.78 is 15.4. The SMILES string of the molecule is NC1CCN(c2cc(-c3c(F)cccc3Cl)cc(-c3cc(Br)ccc3O)n2)C1.